The van der Waals surface area contributed by atoms with Crippen LogP contribution in [0.4, 0.5) is 13.2 Å². The summed E-state index contributed by atoms with van der Waals surface area (Å²) in [6.07, 6.45) is -4.10. The maximum Gasteiger partial charge on any atom is 0.416 e. The Morgan fingerprint density at radius 1 is 1.13 bits per heavy atom. The van der Waals surface area contributed by atoms with Crippen LogP contribution in [-0.4, -0.2) is 39.5 Å². The Balaban J connectivity index is 1.40. The van der Waals surface area contributed by atoms with Gasteiger partial charge in [-0.15, -0.1) is 0 Å². The number of hydrogen-bond donors (Lipinski definition) is 1. The molecule has 1 amide bonds. The van der Waals surface area contributed by atoms with E-state index in [9.17, 15) is 18.0 Å². The van der Waals surface area contributed by atoms with E-state index in [-0.39, 0.29) is 18.0 Å². The second-order valence-electron chi connectivity index (χ2n) is 7.34. The summed E-state index contributed by atoms with van der Waals surface area (Å²) in [6.45, 7) is 2.30. The van der Waals surface area contributed by atoms with Crippen molar-refractivity contribution < 1.29 is 22.5 Å². The molecule has 0 atom stereocenters. The van der Waals surface area contributed by atoms with Gasteiger partial charge in [-0.2, -0.15) is 18.2 Å². The number of fused-ring (bicyclic) bond motifs is 1. The molecule has 0 unspecified atom stereocenters. The van der Waals surface area contributed by atoms with Crippen LogP contribution in [0.25, 0.3) is 22.5 Å². The minimum atomic E-state index is -4.44. The molecule has 0 saturated carbocycles. The van der Waals surface area contributed by atoms with Crippen molar-refractivity contribution in [1.29, 1.82) is 0 Å². The third-order valence-electron chi connectivity index (χ3n) is 4.95. The van der Waals surface area contributed by atoms with Gasteiger partial charge in [-0.3, -0.25) is 4.79 Å². The van der Waals surface area contributed by atoms with Crippen LogP contribution in [0.15, 0.2) is 53.1 Å². The zero-order valence-corrected chi connectivity index (χ0v) is 16.8. The van der Waals surface area contributed by atoms with Crippen LogP contribution in [0, 0.1) is 6.92 Å². The lowest BCUT2D eigenvalue weighted by Crippen LogP contribution is -2.29. The van der Waals surface area contributed by atoms with Gasteiger partial charge in [0.15, 0.2) is 5.82 Å². The summed E-state index contributed by atoms with van der Waals surface area (Å²) in [7, 11) is 1.57. The number of nitrogens with one attached hydrogen (secondary N) is 1. The molecule has 2 aromatic carbocycles. The van der Waals surface area contributed by atoms with Crippen LogP contribution >= 0.6 is 0 Å². The van der Waals surface area contributed by atoms with Gasteiger partial charge in [0.05, 0.1) is 5.56 Å². The Kier molecular flexibility index (Phi) is 5.26. The van der Waals surface area contributed by atoms with Gasteiger partial charge in [-0.05, 0) is 49.4 Å². The Bertz CT molecular complexity index is 1230. The van der Waals surface area contributed by atoms with E-state index in [1.807, 2.05) is 25.1 Å². The number of benzene rings is 2. The summed E-state index contributed by atoms with van der Waals surface area (Å²) in [5, 5.41) is 4.99. The number of carbonyl (C=O) groups excluding carboxylic acids is 1. The normalized spacial score (nSPS) is 11.8. The van der Waals surface area contributed by atoms with E-state index in [0.717, 1.165) is 28.6 Å². The van der Waals surface area contributed by atoms with E-state index in [4.69, 9.17) is 4.52 Å². The van der Waals surface area contributed by atoms with Crippen molar-refractivity contribution in [1.82, 2.24) is 20.0 Å². The zero-order chi connectivity index (χ0) is 22.2. The maximum atomic E-state index is 12.7. The molecule has 0 aliphatic rings. The molecule has 4 aromatic rings. The lowest BCUT2D eigenvalue weighted by atomic mass is 10.1. The monoisotopic (exact) mass is 428 g/mol. The topological polar surface area (TPSA) is 75.0 Å². The van der Waals surface area contributed by atoms with E-state index in [2.05, 4.69) is 21.2 Å². The Labute approximate surface area is 175 Å². The maximum absolute atomic E-state index is 12.7. The molecule has 0 saturated heterocycles. The second-order valence-corrected chi connectivity index (χ2v) is 7.34. The molecule has 2 aromatic heterocycles. The van der Waals surface area contributed by atoms with Crippen LogP contribution in [0.5, 0.6) is 0 Å². The highest BCUT2D eigenvalue weighted by molar-refractivity contribution is 5.94. The fourth-order valence-corrected chi connectivity index (χ4v) is 3.22. The molecule has 1 N–H and O–H groups in total. The van der Waals surface area contributed by atoms with Crippen molar-refractivity contribution in [2.45, 2.75) is 19.5 Å². The van der Waals surface area contributed by atoms with Gasteiger partial charge in [0.25, 0.3) is 11.8 Å². The molecule has 0 radical (unpaired) electrons. The number of hydrogen-bond acceptors (Lipinski definition) is 4. The SMILES string of the molecule is Cc1ccc2[nH]c(-c3nc(CCN(C)C(=O)c4ccc(C(F)(F)F)cc4)no3)cc2c1. The molecule has 4 rings (SSSR count). The molecular formula is C22H19F3N4O2. The third kappa shape index (κ3) is 4.45. The van der Waals surface area contributed by atoms with Crippen molar-refractivity contribution in [2.24, 2.45) is 0 Å². The first-order chi connectivity index (χ1) is 14.7. The lowest BCUT2D eigenvalue weighted by Gasteiger charge is -2.16. The second kappa shape index (κ2) is 7.90. The van der Waals surface area contributed by atoms with E-state index in [1.54, 1.807) is 7.05 Å². The summed E-state index contributed by atoms with van der Waals surface area (Å²) in [5.74, 6) is 0.390. The van der Waals surface area contributed by atoms with Gasteiger partial charge in [0.1, 0.15) is 5.69 Å². The van der Waals surface area contributed by atoms with Gasteiger partial charge < -0.3 is 14.4 Å². The molecule has 0 spiro atoms. The number of amides is 1. The number of H-pyrrole nitrogens is 1. The number of halogens is 3. The van der Waals surface area contributed by atoms with Crippen LogP contribution in [-0.2, 0) is 12.6 Å². The smallest absolute Gasteiger partial charge is 0.351 e. The molecule has 160 valence electrons. The summed E-state index contributed by atoms with van der Waals surface area (Å²) in [5.41, 5.74) is 2.19. The Morgan fingerprint density at radius 3 is 2.58 bits per heavy atom. The number of nitrogens with zero attached hydrogens (tertiary/aromatic N) is 3. The van der Waals surface area contributed by atoms with Gasteiger partial charge in [0, 0.05) is 36.5 Å². The van der Waals surface area contributed by atoms with Crippen molar-refractivity contribution in [2.75, 3.05) is 13.6 Å². The average molecular weight is 428 g/mol. The first kappa shape index (κ1) is 20.6. The summed E-state index contributed by atoms with van der Waals surface area (Å²) in [4.78, 5) is 21.5. The van der Waals surface area contributed by atoms with Crippen molar-refractivity contribution >= 4 is 16.8 Å². The zero-order valence-electron chi connectivity index (χ0n) is 16.8. The number of aromatic nitrogens is 3. The van der Waals surface area contributed by atoms with Gasteiger partial charge >= 0.3 is 6.18 Å². The molecule has 9 heteroatoms. The average Bonchev–Trinajstić information content (AvgIpc) is 3.37. The third-order valence-corrected chi connectivity index (χ3v) is 4.95. The number of aromatic amines is 1. The van der Waals surface area contributed by atoms with Crippen molar-refractivity contribution in [3.05, 3.63) is 71.0 Å². The number of alkyl halides is 3. The number of carbonyl (C=O) groups is 1. The van der Waals surface area contributed by atoms with Gasteiger partial charge in [-0.25, -0.2) is 0 Å². The summed E-state index contributed by atoms with van der Waals surface area (Å²) in [6, 6.07) is 12.1. The highest BCUT2D eigenvalue weighted by atomic mass is 19.4. The summed E-state index contributed by atoms with van der Waals surface area (Å²) >= 11 is 0. The van der Waals surface area contributed by atoms with E-state index in [0.29, 0.717) is 23.8 Å². The predicted molar refractivity (Wildman–Crippen MR) is 108 cm³/mol. The molecule has 0 bridgehead atoms. The Morgan fingerprint density at radius 2 is 1.87 bits per heavy atom. The van der Waals surface area contributed by atoms with E-state index in [1.165, 1.54) is 17.0 Å². The lowest BCUT2D eigenvalue weighted by molar-refractivity contribution is -0.137. The van der Waals surface area contributed by atoms with Crippen molar-refractivity contribution in [3.63, 3.8) is 0 Å². The molecular weight excluding hydrogens is 409 g/mol. The fourth-order valence-electron chi connectivity index (χ4n) is 3.22. The number of aryl methyl sites for hydroxylation is 1. The molecule has 31 heavy (non-hydrogen) atoms. The van der Waals surface area contributed by atoms with E-state index < -0.39 is 11.7 Å². The minimum Gasteiger partial charge on any atom is -0.351 e. The first-order valence-corrected chi connectivity index (χ1v) is 9.56. The summed E-state index contributed by atoms with van der Waals surface area (Å²) < 4.78 is 43.3. The standard InChI is InChI=1S/C22H19F3N4O2/c1-13-3-8-17-15(11-13)12-18(26-17)20-27-19(28-31-20)9-10-29(2)21(30)14-4-6-16(7-5-14)22(23,24)25/h3-8,11-12,26H,9-10H2,1-2H3. The quantitative estimate of drug-likeness (QED) is 0.493. The molecule has 0 aliphatic heterocycles. The largest absolute Gasteiger partial charge is 0.416 e. The van der Waals surface area contributed by atoms with Gasteiger partial charge in [0.2, 0.25) is 0 Å². The van der Waals surface area contributed by atoms with Crippen LogP contribution in [0.1, 0.15) is 27.3 Å². The van der Waals surface area contributed by atoms with Gasteiger partial charge in [-0.1, -0.05) is 16.8 Å². The number of likely N-dealkylation sites (N-methyl/N-ethyl adjacent to an activating group) is 1. The minimum absolute atomic E-state index is 0.178. The molecule has 6 nitrogen and oxygen atoms in total. The molecule has 2 heterocycles. The fraction of sp³-hybridized carbons (Fsp3) is 0.227. The van der Waals surface area contributed by atoms with E-state index >= 15 is 0 Å². The number of rotatable bonds is 5. The van der Waals surface area contributed by atoms with Crippen LogP contribution in [0.3, 0.4) is 0 Å². The van der Waals surface area contributed by atoms with Crippen LogP contribution in [0.2, 0.25) is 0 Å². The first-order valence-electron chi connectivity index (χ1n) is 9.56. The predicted octanol–water partition coefficient (Wildman–Crippen LogP) is 4.86. The highest BCUT2D eigenvalue weighted by Gasteiger charge is 2.30. The van der Waals surface area contributed by atoms with Crippen LogP contribution < -0.4 is 0 Å². The Hall–Kier alpha value is -3.62. The van der Waals surface area contributed by atoms with Crippen molar-refractivity contribution in [3.8, 4) is 11.6 Å². The highest BCUT2D eigenvalue weighted by Crippen LogP contribution is 2.29. The molecule has 0 fully saturated rings. The molecule has 0 aliphatic carbocycles.